The highest BCUT2D eigenvalue weighted by atomic mass is 16.5. The highest BCUT2D eigenvalue weighted by Crippen LogP contribution is 2.29. The third kappa shape index (κ3) is 5.41. The molecular formula is C16H32N2O. The van der Waals surface area contributed by atoms with Crippen LogP contribution in [0.15, 0.2) is 0 Å². The summed E-state index contributed by atoms with van der Waals surface area (Å²) < 4.78 is 6.11. The van der Waals surface area contributed by atoms with E-state index in [-0.39, 0.29) is 5.60 Å². The molecule has 3 heteroatoms. The number of piperazine rings is 1. The molecular weight excluding hydrogens is 236 g/mol. The Morgan fingerprint density at radius 2 is 1.84 bits per heavy atom. The van der Waals surface area contributed by atoms with Crippen LogP contribution in [0.1, 0.15) is 53.4 Å². The molecule has 112 valence electrons. The van der Waals surface area contributed by atoms with Gasteiger partial charge in [-0.25, -0.2) is 0 Å². The Balaban J connectivity index is 1.68. The number of nitrogens with zero attached hydrogens (tertiary/aromatic N) is 1. The SMILES string of the molecule is C[C@H]1CN(C[C@H]2CC[C@H](OC(C)(C)C)CC2)CCN1. The molecule has 1 aliphatic carbocycles. The van der Waals surface area contributed by atoms with E-state index in [1.807, 2.05) is 0 Å². The Morgan fingerprint density at radius 3 is 2.42 bits per heavy atom. The van der Waals surface area contributed by atoms with E-state index in [9.17, 15) is 0 Å². The normalized spacial score (nSPS) is 34.4. The van der Waals surface area contributed by atoms with Gasteiger partial charge < -0.3 is 15.0 Å². The number of ether oxygens (including phenoxy) is 1. The standard InChI is InChI=1S/C16H32N2O/c1-13-11-18(10-9-17-13)12-14-5-7-15(8-6-14)19-16(2,3)4/h13-15,17H,5-12H2,1-4H3/t13-,14-,15-/m0/s1. The van der Waals surface area contributed by atoms with Gasteiger partial charge in [-0.15, -0.1) is 0 Å². The second kappa shape index (κ2) is 6.55. The Hall–Kier alpha value is -0.120. The van der Waals surface area contributed by atoms with Gasteiger partial charge in [-0.3, -0.25) is 0 Å². The molecule has 0 unspecified atom stereocenters. The molecule has 1 atom stereocenters. The van der Waals surface area contributed by atoms with Crippen LogP contribution in [0, 0.1) is 5.92 Å². The molecule has 0 aromatic heterocycles. The first-order chi connectivity index (χ1) is 8.92. The molecule has 1 saturated heterocycles. The molecule has 2 rings (SSSR count). The van der Waals surface area contributed by atoms with Gasteiger partial charge in [0.25, 0.3) is 0 Å². The highest BCUT2D eigenvalue weighted by molar-refractivity contribution is 4.81. The lowest BCUT2D eigenvalue weighted by atomic mass is 9.86. The third-order valence-electron chi connectivity index (χ3n) is 4.28. The van der Waals surface area contributed by atoms with Crippen molar-refractivity contribution in [2.45, 2.75) is 71.1 Å². The first kappa shape index (κ1) is 15.3. The van der Waals surface area contributed by atoms with Gasteiger partial charge in [-0.1, -0.05) is 0 Å². The van der Waals surface area contributed by atoms with E-state index in [0.717, 1.165) is 12.5 Å². The van der Waals surface area contributed by atoms with Crippen molar-refractivity contribution in [2.24, 2.45) is 5.92 Å². The average Bonchev–Trinajstić information content (AvgIpc) is 2.30. The molecule has 0 aromatic carbocycles. The van der Waals surface area contributed by atoms with E-state index in [4.69, 9.17) is 4.74 Å². The molecule has 0 spiro atoms. The third-order valence-corrected chi connectivity index (χ3v) is 4.28. The predicted octanol–water partition coefficient (Wildman–Crippen LogP) is 2.65. The fraction of sp³-hybridized carbons (Fsp3) is 1.00. The zero-order valence-corrected chi connectivity index (χ0v) is 13.2. The van der Waals surface area contributed by atoms with Gasteiger partial charge >= 0.3 is 0 Å². The second-order valence-electron chi connectivity index (χ2n) is 7.49. The molecule has 0 bridgehead atoms. The minimum Gasteiger partial charge on any atom is -0.373 e. The zero-order valence-electron chi connectivity index (χ0n) is 13.2. The first-order valence-corrected chi connectivity index (χ1v) is 8.06. The summed E-state index contributed by atoms with van der Waals surface area (Å²) in [6.07, 6.45) is 5.70. The lowest BCUT2D eigenvalue weighted by Gasteiger charge is -2.38. The minimum absolute atomic E-state index is 0.0193. The summed E-state index contributed by atoms with van der Waals surface area (Å²) >= 11 is 0. The monoisotopic (exact) mass is 268 g/mol. The average molecular weight is 268 g/mol. The Kier molecular flexibility index (Phi) is 5.27. The van der Waals surface area contributed by atoms with Crippen molar-refractivity contribution in [3.8, 4) is 0 Å². The van der Waals surface area contributed by atoms with Crippen LogP contribution < -0.4 is 5.32 Å². The van der Waals surface area contributed by atoms with Gasteiger partial charge in [0.05, 0.1) is 11.7 Å². The molecule has 0 amide bonds. The second-order valence-corrected chi connectivity index (χ2v) is 7.49. The van der Waals surface area contributed by atoms with Gasteiger partial charge in [-0.05, 0) is 59.3 Å². The molecule has 1 aliphatic heterocycles. The highest BCUT2D eigenvalue weighted by Gasteiger charge is 2.27. The summed E-state index contributed by atoms with van der Waals surface area (Å²) in [4.78, 5) is 2.65. The van der Waals surface area contributed by atoms with Crippen LogP contribution in [0.4, 0.5) is 0 Å². The molecule has 3 nitrogen and oxygen atoms in total. The lowest BCUT2D eigenvalue weighted by molar-refractivity contribution is -0.0796. The molecule has 0 radical (unpaired) electrons. The van der Waals surface area contributed by atoms with Crippen molar-refractivity contribution in [3.05, 3.63) is 0 Å². The van der Waals surface area contributed by atoms with Crippen LogP contribution in [-0.4, -0.2) is 48.8 Å². The topological polar surface area (TPSA) is 24.5 Å². The number of hydrogen-bond donors (Lipinski definition) is 1. The molecule has 1 heterocycles. The number of hydrogen-bond acceptors (Lipinski definition) is 3. The van der Waals surface area contributed by atoms with Crippen molar-refractivity contribution >= 4 is 0 Å². The van der Waals surface area contributed by atoms with Crippen LogP contribution in [0.5, 0.6) is 0 Å². The van der Waals surface area contributed by atoms with E-state index in [2.05, 4.69) is 37.9 Å². The summed E-state index contributed by atoms with van der Waals surface area (Å²) in [5, 5.41) is 3.52. The van der Waals surface area contributed by atoms with Gasteiger partial charge in [0, 0.05) is 32.2 Å². The van der Waals surface area contributed by atoms with Crippen LogP contribution in [-0.2, 0) is 4.74 Å². The Morgan fingerprint density at radius 1 is 1.16 bits per heavy atom. The van der Waals surface area contributed by atoms with Crippen LogP contribution >= 0.6 is 0 Å². The van der Waals surface area contributed by atoms with Crippen LogP contribution in [0.3, 0.4) is 0 Å². The van der Waals surface area contributed by atoms with Crippen molar-refractivity contribution in [1.82, 2.24) is 10.2 Å². The maximum absolute atomic E-state index is 6.11. The summed E-state index contributed by atoms with van der Waals surface area (Å²) in [7, 11) is 0. The zero-order chi connectivity index (χ0) is 13.9. The van der Waals surface area contributed by atoms with E-state index < -0.39 is 0 Å². The van der Waals surface area contributed by atoms with Gasteiger partial charge in [-0.2, -0.15) is 0 Å². The maximum atomic E-state index is 6.11. The summed E-state index contributed by atoms with van der Waals surface area (Å²) in [5.41, 5.74) is 0.0193. The van der Waals surface area contributed by atoms with E-state index in [1.54, 1.807) is 0 Å². The Bertz CT molecular complexity index is 266. The fourth-order valence-corrected chi connectivity index (χ4v) is 3.48. The summed E-state index contributed by atoms with van der Waals surface area (Å²) in [5.74, 6) is 0.894. The summed E-state index contributed by atoms with van der Waals surface area (Å²) in [6.45, 7) is 13.7. The van der Waals surface area contributed by atoms with Crippen LogP contribution in [0.25, 0.3) is 0 Å². The fourth-order valence-electron chi connectivity index (χ4n) is 3.48. The molecule has 1 N–H and O–H groups in total. The number of nitrogens with one attached hydrogen (secondary N) is 1. The minimum atomic E-state index is 0.0193. The largest absolute Gasteiger partial charge is 0.373 e. The van der Waals surface area contributed by atoms with E-state index >= 15 is 0 Å². The van der Waals surface area contributed by atoms with E-state index in [1.165, 1.54) is 45.3 Å². The summed E-state index contributed by atoms with van der Waals surface area (Å²) in [6, 6.07) is 0.661. The van der Waals surface area contributed by atoms with Gasteiger partial charge in [0.2, 0.25) is 0 Å². The van der Waals surface area contributed by atoms with E-state index in [0.29, 0.717) is 12.1 Å². The van der Waals surface area contributed by atoms with Crippen LogP contribution in [0.2, 0.25) is 0 Å². The first-order valence-electron chi connectivity index (χ1n) is 8.06. The molecule has 2 aliphatic rings. The molecule has 1 saturated carbocycles. The molecule has 19 heavy (non-hydrogen) atoms. The quantitative estimate of drug-likeness (QED) is 0.851. The smallest absolute Gasteiger partial charge is 0.0602 e. The van der Waals surface area contributed by atoms with Crippen molar-refractivity contribution in [1.29, 1.82) is 0 Å². The lowest BCUT2D eigenvalue weighted by Crippen LogP contribution is -2.50. The van der Waals surface area contributed by atoms with Gasteiger partial charge in [0.1, 0.15) is 0 Å². The van der Waals surface area contributed by atoms with Crippen molar-refractivity contribution < 1.29 is 4.74 Å². The van der Waals surface area contributed by atoms with Crippen molar-refractivity contribution in [3.63, 3.8) is 0 Å². The van der Waals surface area contributed by atoms with Gasteiger partial charge in [0.15, 0.2) is 0 Å². The molecule has 2 fully saturated rings. The predicted molar refractivity (Wildman–Crippen MR) is 80.5 cm³/mol. The maximum Gasteiger partial charge on any atom is 0.0602 e. The molecule has 0 aromatic rings. The number of rotatable bonds is 3. The van der Waals surface area contributed by atoms with Crippen molar-refractivity contribution in [2.75, 3.05) is 26.2 Å². The Labute approximate surface area is 119 Å².